The Labute approximate surface area is 245 Å². The molecule has 2 aliphatic heterocycles. The Kier molecular flexibility index (Phi) is 7.88. The molecule has 1 aromatic heterocycles. The van der Waals surface area contributed by atoms with E-state index in [9.17, 15) is 9.59 Å². The molecule has 42 heavy (non-hydrogen) atoms. The van der Waals surface area contributed by atoms with Crippen LogP contribution in [-0.2, 0) is 0 Å². The van der Waals surface area contributed by atoms with Gasteiger partial charge in [0.2, 0.25) is 5.43 Å². The minimum absolute atomic E-state index is 0.0218. The van der Waals surface area contributed by atoms with Crippen molar-refractivity contribution in [1.82, 2.24) is 19.7 Å². The average molecular weight is 572 g/mol. The van der Waals surface area contributed by atoms with E-state index in [0.717, 1.165) is 49.5 Å². The van der Waals surface area contributed by atoms with Crippen molar-refractivity contribution < 1.29 is 13.9 Å². The summed E-state index contributed by atoms with van der Waals surface area (Å²) in [6, 6.07) is 13.5. The molecule has 4 aromatic rings. The second kappa shape index (κ2) is 11.7. The molecule has 0 bridgehead atoms. The van der Waals surface area contributed by atoms with Gasteiger partial charge >= 0.3 is 0 Å². The molecule has 0 spiro atoms. The summed E-state index contributed by atoms with van der Waals surface area (Å²) < 4.78 is 24.0. The lowest BCUT2D eigenvalue weighted by Crippen LogP contribution is -2.31. The first-order chi connectivity index (χ1) is 20.3. The molecule has 220 valence electrons. The maximum Gasteiger partial charge on any atom is 0.256 e. The second-order valence-electron chi connectivity index (χ2n) is 11.7. The Morgan fingerprint density at radius 1 is 1.12 bits per heavy atom. The van der Waals surface area contributed by atoms with E-state index in [1.807, 2.05) is 55.1 Å². The number of benzene rings is 3. The average Bonchev–Trinajstić information content (AvgIpc) is 3.38. The minimum Gasteiger partial charge on any atom is -0.451 e. The molecule has 1 fully saturated rings. The van der Waals surface area contributed by atoms with Crippen molar-refractivity contribution in [1.29, 1.82) is 0 Å². The van der Waals surface area contributed by atoms with Crippen molar-refractivity contribution in [2.75, 3.05) is 52.6 Å². The number of unbranched alkanes of at least 4 members (excludes halogenated alkanes) is 1. The van der Waals surface area contributed by atoms with Crippen LogP contribution in [0.4, 0.5) is 10.1 Å². The third kappa shape index (κ3) is 5.34. The van der Waals surface area contributed by atoms with Crippen LogP contribution in [0.25, 0.3) is 27.4 Å². The number of carbonyl (C=O) groups is 1. The van der Waals surface area contributed by atoms with Crippen molar-refractivity contribution in [2.45, 2.75) is 38.1 Å². The van der Waals surface area contributed by atoms with Gasteiger partial charge < -0.3 is 29.7 Å². The van der Waals surface area contributed by atoms with Crippen molar-refractivity contribution in [3.63, 3.8) is 0 Å². The summed E-state index contributed by atoms with van der Waals surface area (Å²) in [6.07, 6.45) is 6.46. The lowest BCUT2D eigenvalue weighted by Gasteiger charge is -2.27. The molecule has 1 saturated heterocycles. The van der Waals surface area contributed by atoms with Gasteiger partial charge in [-0.25, -0.2) is 4.39 Å². The number of likely N-dealkylation sites (tertiary alicyclic amines) is 1. The van der Waals surface area contributed by atoms with Crippen LogP contribution < -0.4 is 20.8 Å². The number of aromatic nitrogens is 1. The quantitative estimate of drug-likeness (QED) is 0.220. The van der Waals surface area contributed by atoms with Gasteiger partial charge in [-0.2, -0.15) is 0 Å². The Hall–Kier alpha value is -3.95. The lowest BCUT2D eigenvalue weighted by atomic mass is 10.0. The highest BCUT2D eigenvalue weighted by Gasteiger charge is 2.29. The van der Waals surface area contributed by atoms with Crippen LogP contribution in [0.2, 0.25) is 0 Å². The zero-order valence-corrected chi connectivity index (χ0v) is 24.5. The number of rotatable bonds is 10. The van der Waals surface area contributed by atoms with Gasteiger partial charge in [-0.05, 0) is 95.3 Å². The van der Waals surface area contributed by atoms with E-state index in [1.54, 1.807) is 6.20 Å². The topological polar surface area (TPSA) is 78.8 Å². The minimum atomic E-state index is -0.577. The van der Waals surface area contributed by atoms with Crippen LogP contribution in [0.15, 0.2) is 53.5 Å². The second-order valence-corrected chi connectivity index (χ2v) is 11.7. The molecule has 0 saturated carbocycles. The smallest absolute Gasteiger partial charge is 0.256 e. The molecule has 0 aliphatic carbocycles. The summed E-state index contributed by atoms with van der Waals surface area (Å²) in [5, 5.41) is 8.25. The predicted octanol–water partition coefficient (Wildman–Crippen LogP) is 5.36. The van der Waals surface area contributed by atoms with Crippen molar-refractivity contribution in [2.24, 2.45) is 0 Å². The van der Waals surface area contributed by atoms with E-state index in [4.69, 9.17) is 4.74 Å². The summed E-state index contributed by atoms with van der Waals surface area (Å²) in [5.74, 6) is -0.244. The Balaban J connectivity index is 1.41. The van der Waals surface area contributed by atoms with E-state index in [2.05, 4.69) is 27.5 Å². The van der Waals surface area contributed by atoms with Gasteiger partial charge in [0.15, 0.2) is 17.3 Å². The fourth-order valence-corrected chi connectivity index (χ4v) is 6.19. The molecular weight excluding hydrogens is 533 g/mol. The van der Waals surface area contributed by atoms with Gasteiger partial charge in [0, 0.05) is 25.3 Å². The molecule has 1 amide bonds. The van der Waals surface area contributed by atoms with Gasteiger partial charge in [-0.3, -0.25) is 9.59 Å². The number of fused-ring (bicyclic) bond motifs is 3. The first-order valence-electron chi connectivity index (χ1n) is 14.8. The highest BCUT2D eigenvalue weighted by atomic mass is 19.1. The molecule has 2 N–H and O–H groups in total. The lowest BCUT2D eigenvalue weighted by molar-refractivity contribution is 0.0951. The highest BCUT2D eigenvalue weighted by Crippen LogP contribution is 2.46. The van der Waals surface area contributed by atoms with Crippen LogP contribution in [0.1, 0.15) is 42.5 Å². The molecule has 8 nitrogen and oxygen atoms in total. The molecule has 9 heteroatoms. The summed E-state index contributed by atoms with van der Waals surface area (Å²) in [4.78, 5) is 31.4. The van der Waals surface area contributed by atoms with Gasteiger partial charge in [-0.15, -0.1) is 0 Å². The van der Waals surface area contributed by atoms with Crippen LogP contribution in [0.3, 0.4) is 0 Å². The Morgan fingerprint density at radius 2 is 1.90 bits per heavy atom. The number of anilines is 1. The third-order valence-corrected chi connectivity index (χ3v) is 8.51. The van der Waals surface area contributed by atoms with E-state index >= 15 is 4.39 Å². The SMILES string of the molecule is CN(C)CCCCNC(=O)c1cn2c3c(c(NCCC4CCCN4C)c(F)cc3c1=O)Oc1cc3ccccc3cc1-2. The molecule has 3 aromatic carbocycles. The standard InChI is InChI=1S/C33H38FN5O3/c1-37(2)15-7-6-13-36-33(41)25-20-39-27-17-21-9-4-5-10-22(21)18-28(27)42-32-29(26(34)19-24(30(32)39)31(25)40)35-14-12-23-11-8-16-38(23)3/h4-5,9-10,17-20,23,35H,6-8,11-16H2,1-3H3,(H,36,41). The van der Waals surface area contributed by atoms with Gasteiger partial charge in [-0.1, -0.05) is 24.3 Å². The molecule has 3 heterocycles. The molecule has 1 atom stereocenters. The zero-order valence-electron chi connectivity index (χ0n) is 24.5. The van der Waals surface area contributed by atoms with E-state index in [-0.39, 0.29) is 22.4 Å². The number of pyridine rings is 1. The number of nitrogens with one attached hydrogen (secondary N) is 2. The number of amides is 1. The van der Waals surface area contributed by atoms with Crippen LogP contribution >= 0.6 is 0 Å². The Bertz CT molecular complexity index is 1720. The number of ether oxygens (including phenoxy) is 1. The summed E-state index contributed by atoms with van der Waals surface area (Å²) >= 11 is 0. The fourth-order valence-electron chi connectivity index (χ4n) is 6.19. The van der Waals surface area contributed by atoms with E-state index in [0.29, 0.717) is 36.1 Å². The van der Waals surface area contributed by atoms with Crippen molar-refractivity contribution in [3.05, 3.63) is 70.3 Å². The third-order valence-electron chi connectivity index (χ3n) is 8.51. The molecule has 0 radical (unpaired) electrons. The molecule has 6 rings (SSSR count). The van der Waals surface area contributed by atoms with Gasteiger partial charge in [0.25, 0.3) is 5.91 Å². The zero-order chi connectivity index (χ0) is 29.4. The highest BCUT2D eigenvalue weighted by molar-refractivity contribution is 6.02. The number of carbonyl (C=O) groups excluding carboxylic acids is 1. The largest absolute Gasteiger partial charge is 0.451 e. The predicted molar refractivity (Wildman–Crippen MR) is 166 cm³/mol. The first kappa shape index (κ1) is 28.2. The van der Waals surface area contributed by atoms with E-state index < -0.39 is 17.2 Å². The maximum atomic E-state index is 15.8. The van der Waals surface area contributed by atoms with Gasteiger partial charge in [0.05, 0.1) is 11.1 Å². The number of halogens is 1. The van der Waals surface area contributed by atoms with Crippen molar-refractivity contribution in [3.8, 4) is 17.2 Å². The summed E-state index contributed by atoms with van der Waals surface area (Å²) in [5.41, 5.74) is 0.836. The van der Waals surface area contributed by atoms with E-state index in [1.165, 1.54) is 12.5 Å². The fraction of sp³-hybridized carbons (Fsp3) is 0.394. The van der Waals surface area contributed by atoms with Crippen LogP contribution in [0, 0.1) is 5.82 Å². The monoisotopic (exact) mass is 571 g/mol. The summed E-state index contributed by atoms with van der Waals surface area (Å²) in [6.45, 7) is 3.01. The van der Waals surface area contributed by atoms with Crippen molar-refractivity contribution >= 4 is 33.3 Å². The number of hydrogen-bond acceptors (Lipinski definition) is 6. The van der Waals surface area contributed by atoms with Crippen LogP contribution in [-0.4, -0.2) is 73.6 Å². The normalized spacial score (nSPS) is 16.2. The number of nitrogens with zero attached hydrogens (tertiary/aromatic N) is 3. The summed E-state index contributed by atoms with van der Waals surface area (Å²) in [7, 11) is 6.14. The molecule has 1 unspecified atom stereocenters. The molecular formula is C33H38FN5O3. The first-order valence-corrected chi connectivity index (χ1v) is 14.8. The van der Waals surface area contributed by atoms with Crippen LogP contribution in [0.5, 0.6) is 11.5 Å². The molecule has 2 aliphatic rings. The number of hydrogen-bond donors (Lipinski definition) is 2. The Morgan fingerprint density at radius 3 is 2.64 bits per heavy atom. The van der Waals surface area contributed by atoms with Gasteiger partial charge in [0.1, 0.15) is 16.8 Å². The maximum absolute atomic E-state index is 15.8.